The van der Waals surface area contributed by atoms with Gasteiger partial charge in [0.05, 0.1) is 6.21 Å². The summed E-state index contributed by atoms with van der Waals surface area (Å²) in [5.74, 6) is -0.473. The first-order chi connectivity index (χ1) is 11.1. The maximum absolute atomic E-state index is 11.7. The third-order valence-corrected chi connectivity index (χ3v) is 2.93. The van der Waals surface area contributed by atoms with E-state index in [9.17, 15) is 4.79 Å². The van der Waals surface area contributed by atoms with Crippen LogP contribution in [-0.2, 0) is 4.79 Å². The topological polar surface area (TPSA) is 79.8 Å². The molecule has 2 aromatic carbocycles. The summed E-state index contributed by atoms with van der Waals surface area (Å²) in [5, 5.41) is 10.5. The van der Waals surface area contributed by atoms with E-state index in [0.717, 1.165) is 11.1 Å². The molecule has 1 amide bonds. The SMILES string of the molecule is NC(=N/N=C/c1cccc(Cl)c1)NC(=O)/C=C/c1ccccc1. The van der Waals surface area contributed by atoms with Crippen LogP contribution in [0.4, 0.5) is 0 Å². The number of halogens is 1. The van der Waals surface area contributed by atoms with Gasteiger partial charge in [0.25, 0.3) is 5.91 Å². The number of hydrogen-bond donors (Lipinski definition) is 2. The number of benzene rings is 2. The highest BCUT2D eigenvalue weighted by Gasteiger charge is 1.97. The molecular formula is C17H15ClN4O. The number of guanidine groups is 1. The standard InChI is InChI=1S/C17H15ClN4O/c18-15-8-4-7-14(11-15)12-20-22-17(19)21-16(23)10-9-13-5-2-1-3-6-13/h1-12H,(H3,19,21,22,23)/b10-9+,20-12+. The average Bonchev–Trinajstić information content (AvgIpc) is 2.54. The molecule has 0 atom stereocenters. The van der Waals surface area contributed by atoms with Gasteiger partial charge < -0.3 is 5.73 Å². The number of nitrogens with two attached hydrogens (primary N) is 1. The van der Waals surface area contributed by atoms with Crippen LogP contribution in [0, 0.1) is 0 Å². The maximum Gasteiger partial charge on any atom is 0.250 e. The maximum atomic E-state index is 11.7. The second kappa shape index (κ2) is 8.51. The summed E-state index contributed by atoms with van der Waals surface area (Å²) in [6.07, 6.45) is 4.54. The number of carbonyl (C=O) groups is 1. The summed E-state index contributed by atoms with van der Waals surface area (Å²) in [6.45, 7) is 0. The lowest BCUT2D eigenvalue weighted by Crippen LogP contribution is -2.35. The van der Waals surface area contributed by atoms with Crippen molar-refractivity contribution in [2.24, 2.45) is 15.9 Å². The molecule has 0 aromatic heterocycles. The van der Waals surface area contributed by atoms with Crippen LogP contribution in [0.25, 0.3) is 6.08 Å². The lowest BCUT2D eigenvalue weighted by Gasteiger charge is -1.98. The monoisotopic (exact) mass is 326 g/mol. The third kappa shape index (κ3) is 6.15. The smallest absolute Gasteiger partial charge is 0.250 e. The molecule has 0 spiro atoms. The van der Waals surface area contributed by atoms with Gasteiger partial charge in [0.15, 0.2) is 0 Å². The Hall–Kier alpha value is -2.92. The molecule has 2 rings (SSSR count). The molecular weight excluding hydrogens is 312 g/mol. The Labute approximate surface area is 139 Å². The molecule has 0 heterocycles. The first-order valence-electron chi connectivity index (χ1n) is 6.79. The Bertz CT molecular complexity index is 754. The minimum Gasteiger partial charge on any atom is -0.368 e. The molecule has 0 aliphatic heterocycles. The Morgan fingerprint density at radius 1 is 1.09 bits per heavy atom. The quantitative estimate of drug-likeness (QED) is 0.392. The van der Waals surface area contributed by atoms with Gasteiger partial charge in [-0.1, -0.05) is 54.1 Å². The lowest BCUT2D eigenvalue weighted by atomic mass is 10.2. The second-order valence-corrected chi connectivity index (χ2v) is 4.95. The van der Waals surface area contributed by atoms with E-state index < -0.39 is 0 Å². The van der Waals surface area contributed by atoms with Gasteiger partial charge in [0.1, 0.15) is 0 Å². The van der Waals surface area contributed by atoms with Crippen LogP contribution in [0.5, 0.6) is 0 Å². The molecule has 0 bridgehead atoms. The summed E-state index contributed by atoms with van der Waals surface area (Å²) < 4.78 is 0. The molecule has 0 aliphatic rings. The summed E-state index contributed by atoms with van der Waals surface area (Å²) in [5.41, 5.74) is 7.28. The number of nitrogens with one attached hydrogen (secondary N) is 1. The largest absolute Gasteiger partial charge is 0.368 e. The zero-order valence-electron chi connectivity index (χ0n) is 12.2. The molecule has 0 fully saturated rings. The van der Waals surface area contributed by atoms with Crippen LogP contribution < -0.4 is 11.1 Å². The van der Waals surface area contributed by atoms with Crippen molar-refractivity contribution in [3.63, 3.8) is 0 Å². The Morgan fingerprint density at radius 2 is 1.83 bits per heavy atom. The van der Waals surface area contributed by atoms with E-state index in [1.54, 1.807) is 24.3 Å². The highest BCUT2D eigenvalue weighted by atomic mass is 35.5. The van der Waals surface area contributed by atoms with Crippen molar-refractivity contribution >= 4 is 35.8 Å². The zero-order chi connectivity index (χ0) is 16.5. The molecule has 2 aromatic rings. The first kappa shape index (κ1) is 16.5. The number of nitrogens with zero attached hydrogens (tertiary/aromatic N) is 2. The van der Waals surface area contributed by atoms with Crippen LogP contribution in [0.1, 0.15) is 11.1 Å². The minimum absolute atomic E-state index is 0.0917. The molecule has 0 aliphatic carbocycles. The molecule has 3 N–H and O–H groups in total. The van der Waals surface area contributed by atoms with Gasteiger partial charge in [-0.3, -0.25) is 10.1 Å². The Morgan fingerprint density at radius 3 is 2.57 bits per heavy atom. The fourth-order valence-corrected chi connectivity index (χ4v) is 1.87. The van der Waals surface area contributed by atoms with Gasteiger partial charge in [-0.2, -0.15) is 5.10 Å². The lowest BCUT2D eigenvalue weighted by molar-refractivity contribution is -0.115. The molecule has 0 saturated heterocycles. The van der Waals surface area contributed by atoms with Gasteiger partial charge >= 0.3 is 0 Å². The van der Waals surface area contributed by atoms with Gasteiger partial charge in [-0.25, -0.2) is 0 Å². The number of amides is 1. The van der Waals surface area contributed by atoms with Crippen LogP contribution in [-0.4, -0.2) is 18.1 Å². The molecule has 23 heavy (non-hydrogen) atoms. The van der Waals surface area contributed by atoms with Crippen LogP contribution in [0.3, 0.4) is 0 Å². The summed E-state index contributed by atoms with van der Waals surface area (Å²) in [7, 11) is 0. The third-order valence-electron chi connectivity index (χ3n) is 2.70. The number of hydrogen-bond acceptors (Lipinski definition) is 3. The number of rotatable bonds is 4. The molecule has 5 nitrogen and oxygen atoms in total. The molecule has 0 radical (unpaired) electrons. The Kier molecular flexibility index (Phi) is 6.08. The zero-order valence-corrected chi connectivity index (χ0v) is 12.9. The van der Waals surface area contributed by atoms with E-state index in [-0.39, 0.29) is 11.9 Å². The number of carbonyl (C=O) groups excluding carboxylic acids is 1. The summed E-state index contributed by atoms with van der Waals surface area (Å²) in [6, 6.07) is 16.6. The van der Waals surface area contributed by atoms with E-state index in [1.807, 2.05) is 36.4 Å². The van der Waals surface area contributed by atoms with Crippen molar-refractivity contribution in [2.45, 2.75) is 0 Å². The van der Waals surface area contributed by atoms with E-state index in [1.165, 1.54) is 12.3 Å². The fraction of sp³-hybridized carbons (Fsp3) is 0. The van der Waals surface area contributed by atoms with Gasteiger partial charge in [0, 0.05) is 11.1 Å². The van der Waals surface area contributed by atoms with Crippen molar-refractivity contribution in [3.8, 4) is 0 Å². The predicted molar refractivity (Wildman–Crippen MR) is 94.3 cm³/mol. The minimum atomic E-state index is -0.381. The molecule has 0 unspecified atom stereocenters. The average molecular weight is 327 g/mol. The van der Waals surface area contributed by atoms with Crippen molar-refractivity contribution in [3.05, 3.63) is 76.8 Å². The van der Waals surface area contributed by atoms with Gasteiger partial charge in [0.2, 0.25) is 5.96 Å². The van der Waals surface area contributed by atoms with Crippen molar-refractivity contribution in [2.75, 3.05) is 0 Å². The van der Waals surface area contributed by atoms with Crippen molar-refractivity contribution < 1.29 is 4.79 Å². The molecule has 116 valence electrons. The fourth-order valence-electron chi connectivity index (χ4n) is 1.67. The summed E-state index contributed by atoms with van der Waals surface area (Å²) in [4.78, 5) is 11.7. The predicted octanol–water partition coefficient (Wildman–Crippen LogP) is 2.82. The van der Waals surface area contributed by atoms with Crippen LogP contribution >= 0.6 is 11.6 Å². The van der Waals surface area contributed by atoms with Gasteiger partial charge in [-0.05, 0) is 29.3 Å². The highest BCUT2D eigenvalue weighted by Crippen LogP contribution is 2.08. The van der Waals surface area contributed by atoms with Crippen molar-refractivity contribution in [1.82, 2.24) is 5.32 Å². The van der Waals surface area contributed by atoms with Crippen molar-refractivity contribution in [1.29, 1.82) is 0 Å². The Balaban J connectivity index is 1.89. The second-order valence-electron chi connectivity index (χ2n) is 4.52. The highest BCUT2D eigenvalue weighted by molar-refractivity contribution is 6.30. The van der Waals surface area contributed by atoms with Crippen LogP contribution in [0.2, 0.25) is 5.02 Å². The van der Waals surface area contributed by atoms with Crippen LogP contribution in [0.15, 0.2) is 70.9 Å². The van der Waals surface area contributed by atoms with Gasteiger partial charge in [-0.15, -0.1) is 5.10 Å². The van der Waals surface area contributed by atoms with E-state index in [0.29, 0.717) is 5.02 Å². The normalized spacial score (nSPS) is 12.0. The van der Waals surface area contributed by atoms with E-state index in [2.05, 4.69) is 15.5 Å². The molecule has 0 saturated carbocycles. The van der Waals surface area contributed by atoms with E-state index in [4.69, 9.17) is 17.3 Å². The summed E-state index contributed by atoms with van der Waals surface area (Å²) >= 11 is 5.85. The first-order valence-corrected chi connectivity index (χ1v) is 7.17. The molecule has 6 heteroatoms. The van der Waals surface area contributed by atoms with E-state index >= 15 is 0 Å².